The normalized spacial score (nSPS) is 25.8. The highest BCUT2D eigenvalue weighted by Crippen LogP contribution is 2.23. The predicted octanol–water partition coefficient (Wildman–Crippen LogP) is 2.76. The molecule has 148 valence electrons. The van der Waals surface area contributed by atoms with E-state index in [1.807, 2.05) is 23.4 Å². The van der Waals surface area contributed by atoms with Crippen LogP contribution in [0.1, 0.15) is 24.5 Å². The number of morpholine rings is 1. The molecule has 2 fully saturated rings. The lowest BCUT2D eigenvalue weighted by Crippen LogP contribution is -2.52. The highest BCUT2D eigenvalue weighted by atomic mass is 16.5. The predicted molar refractivity (Wildman–Crippen MR) is 109 cm³/mol. The Kier molecular flexibility index (Phi) is 6.03. The number of hydrogen-bond acceptors (Lipinski definition) is 4. The Morgan fingerprint density at radius 3 is 2.64 bits per heavy atom. The second-order valence-corrected chi connectivity index (χ2v) is 8.11. The van der Waals surface area contributed by atoms with Crippen LogP contribution in [0.4, 0.5) is 0 Å². The first-order valence-corrected chi connectivity index (χ1v) is 10.3. The Labute approximate surface area is 167 Å². The van der Waals surface area contributed by atoms with E-state index in [2.05, 4.69) is 53.2 Å². The molecule has 1 unspecified atom stereocenters. The number of nitrogens with zero attached hydrogens (tertiary/aromatic N) is 3. The second-order valence-electron chi connectivity index (χ2n) is 8.11. The number of carbonyl (C=O) groups excluding carboxylic acids is 1. The molecular weight excluding hydrogens is 350 g/mol. The minimum atomic E-state index is -0.355. The van der Waals surface area contributed by atoms with Crippen molar-refractivity contribution in [3.63, 3.8) is 0 Å². The zero-order valence-corrected chi connectivity index (χ0v) is 16.5. The van der Waals surface area contributed by atoms with Crippen molar-refractivity contribution in [2.24, 2.45) is 5.92 Å². The van der Waals surface area contributed by atoms with Crippen molar-refractivity contribution < 1.29 is 9.53 Å². The van der Waals surface area contributed by atoms with E-state index in [4.69, 9.17) is 4.74 Å². The van der Waals surface area contributed by atoms with Crippen LogP contribution in [-0.2, 0) is 22.5 Å². The van der Waals surface area contributed by atoms with Crippen molar-refractivity contribution in [3.8, 4) is 0 Å². The molecule has 0 bridgehead atoms. The zero-order chi connectivity index (χ0) is 19.3. The van der Waals surface area contributed by atoms with E-state index in [1.54, 1.807) is 0 Å². The second kappa shape index (κ2) is 8.84. The van der Waals surface area contributed by atoms with Gasteiger partial charge in [0.1, 0.15) is 6.10 Å². The number of carbonyl (C=O) groups is 1. The van der Waals surface area contributed by atoms with Crippen LogP contribution in [0, 0.1) is 5.92 Å². The quantitative estimate of drug-likeness (QED) is 0.801. The van der Waals surface area contributed by atoms with Crippen LogP contribution in [0.25, 0.3) is 0 Å². The van der Waals surface area contributed by atoms with E-state index in [0.717, 1.165) is 39.0 Å². The van der Waals surface area contributed by atoms with Crippen LogP contribution >= 0.6 is 0 Å². The molecule has 0 N–H and O–H groups in total. The molecule has 0 aliphatic carbocycles. The van der Waals surface area contributed by atoms with Gasteiger partial charge >= 0.3 is 0 Å². The monoisotopic (exact) mass is 379 g/mol. The van der Waals surface area contributed by atoms with E-state index in [9.17, 15) is 4.79 Å². The van der Waals surface area contributed by atoms with E-state index in [0.29, 0.717) is 12.5 Å². The molecule has 0 spiro atoms. The maximum Gasteiger partial charge on any atom is 0.253 e. The average molecular weight is 380 g/mol. The third-order valence-corrected chi connectivity index (χ3v) is 5.73. The number of amides is 1. The SMILES string of the molecule is C[C@@H]1CN(Cc2ccccc2)C[C@H](C(=O)N2CCC(Cc3ccncc3)C2)O1. The molecule has 2 aliphatic rings. The van der Waals surface area contributed by atoms with Crippen molar-refractivity contribution in [2.45, 2.75) is 38.5 Å². The summed E-state index contributed by atoms with van der Waals surface area (Å²) in [6, 6.07) is 14.6. The summed E-state index contributed by atoms with van der Waals surface area (Å²) in [5.41, 5.74) is 2.58. The Morgan fingerprint density at radius 2 is 1.86 bits per heavy atom. The standard InChI is InChI=1S/C23H29N3O2/c1-18-14-25(15-20-5-3-2-4-6-20)17-22(28-18)23(27)26-12-9-21(16-26)13-19-7-10-24-11-8-19/h2-8,10-11,18,21-22H,9,12-17H2,1H3/t18-,21?,22-/m1/s1. The van der Waals surface area contributed by atoms with Gasteiger partial charge in [0.05, 0.1) is 6.10 Å². The van der Waals surface area contributed by atoms with Gasteiger partial charge in [-0.25, -0.2) is 0 Å². The first-order valence-electron chi connectivity index (χ1n) is 10.3. The summed E-state index contributed by atoms with van der Waals surface area (Å²) in [5, 5.41) is 0. The maximum absolute atomic E-state index is 13.1. The molecule has 4 rings (SSSR count). The summed E-state index contributed by atoms with van der Waals surface area (Å²) in [4.78, 5) is 21.5. The first-order chi connectivity index (χ1) is 13.7. The number of likely N-dealkylation sites (tertiary alicyclic amines) is 1. The van der Waals surface area contributed by atoms with Crippen LogP contribution < -0.4 is 0 Å². The van der Waals surface area contributed by atoms with Gasteiger partial charge in [0.2, 0.25) is 0 Å². The molecule has 28 heavy (non-hydrogen) atoms. The number of benzene rings is 1. The average Bonchev–Trinajstić information content (AvgIpc) is 3.17. The molecule has 2 aliphatic heterocycles. The number of ether oxygens (including phenoxy) is 1. The van der Waals surface area contributed by atoms with Gasteiger partial charge in [-0.1, -0.05) is 30.3 Å². The number of hydrogen-bond donors (Lipinski definition) is 0. The van der Waals surface area contributed by atoms with Crippen LogP contribution in [0.2, 0.25) is 0 Å². The van der Waals surface area contributed by atoms with Crippen LogP contribution in [0.5, 0.6) is 0 Å². The molecule has 1 aromatic heterocycles. The molecule has 5 heteroatoms. The molecular formula is C23H29N3O2. The lowest BCUT2D eigenvalue weighted by atomic mass is 10.00. The summed E-state index contributed by atoms with van der Waals surface area (Å²) in [5.74, 6) is 0.676. The molecule has 1 amide bonds. The van der Waals surface area contributed by atoms with E-state index >= 15 is 0 Å². The Morgan fingerprint density at radius 1 is 1.07 bits per heavy atom. The molecule has 3 heterocycles. The lowest BCUT2D eigenvalue weighted by Gasteiger charge is -2.37. The van der Waals surface area contributed by atoms with Gasteiger partial charge in [-0.2, -0.15) is 0 Å². The summed E-state index contributed by atoms with van der Waals surface area (Å²) >= 11 is 0. The molecule has 0 radical (unpaired) electrons. The fourth-order valence-corrected chi connectivity index (χ4v) is 4.40. The fraction of sp³-hybridized carbons (Fsp3) is 0.478. The van der Waals surface area contributed by atoms with Crippen LogP contribution in [0.15, 0.2) is 54.9 Å². The Balaban J connectivity index is 1.33. The Hall–Kier alpha value is -2.24. The molecule has 2 aromatic rings. The third kappa shape index (κ3) is 4.78. The van der Waals surface area contributed by atoms with Gasteiger partial charge in [0.15, 0.2) is 0 Å². The van der Waals surface area contributed by atoms with Gasteiger partial charge in [-0.05, 0) is 48.9 Å². The highest BCUT2D eigenvalue weighted by Gasteiger charge is 2.36. The van der Waals surface area contributed by atoms with E-state index < -0.39 is 0 Å². The minimum absolute atomic E-state index is 0.0710. The fourth-order valence-electron chi connectivity index (χ4n) is 4.40. The molecule has 2 saturated heterocycles. The van der Waals surface area contributed by atoms with Crippen LogP contribution in [0.3, 0.4) is 0 Å². The maximum atomic E-state index is 13.1. The highest BCUT2D eigenvalue weighted by molar-refractivity contribution is 5.81. The van der Waals surface area contributed by atoms with Gasteiger partial charge in [0.25, 0.3) is 5.91 Å². The van der Waals surface area contributed by atoms with E-state index in [-0.39, 0.29) is 18.1 Å². The van der Waals surface area contributed by atoms with Crippen LogP contribution in [-0.4, -0.2) is 59.1 Å². The van der Waals surface area contributed by atoms with Gasteiger partial charge < -0.3 is 9.64 Å². The number of pyridine rings is 1. The summed E-state index contributed by atoms with van der Waals surface area (Å²) in [6.45, 7) is 6.12. The molecule has 5 nitrogen and oxygen atoms in total. The smallest absolute Gasteiger partial charge is 0.253 e. The first kappa shape index (κ1) is 19.1. The van der Waals surface area contributed by atoms with Crippen molar-refractivity contribution in [3.05, 3.63) is 66.0 Å². The van der Waals surface area contributed by atoms with Crippen molar-refractivity contribution in [2.75, 3.05) is 26.2 Å². The van der Waals surface area contributed by atoms with Gasteiger partial charge in [0, 0.05) is 45.1 Å². The van der Waals surface area contributed by atoms with Crippen molar-refractivity contribution in [1.29, 1.82) is 0 Å². The molecule has 3 atom stereocenters. The number of rotatable bonds is 5. The van der Waals surface area contributed by atoms with Crippen molar-refractivity contribution in [1.82, 2.24) is 14.8 Å². The lowest BCUT2D eigenvalue weighted by molar-refractivity contribution is -0.155. The molecule has 0 saturated carbocycles. The van der Waals surface area contributed by atoms with E-state index in [1.165, 1.54) is 11.1 Å². The Bertz CT molecular complexity index is 768. The van der Waals surface area contributed by atoms with Gasteiger partial charge in [-0.3, -0.25) is 14.7 Å². The molecule has 1 aromatic carbocycles. The minimum Gasteiger partial charge on any atom is -0.363 e. The summed E-state index contributed by atoms with van der Waals surface area (Å²) in [6.07, 6.45) is 5.46. The number of aromatic nitrogens is 1. The largest absolute Gasteiger partial charge is 0.363 e. The van der Waals surface area contributed by atoms with Crippen molar-refractivity contribution >= 4 is 5.91 Å². The van der Waals surface area contributed by atoms with Gasteiger partial charge in [-0.15, -0.1) is 0 Å². The topological polar surface area (TPSA) is 45.7 Å². The zero-order valence-electron chi connectivity index (χ0n) is 16.5. The summed E-state index contributed by atoms with van der Waals surface area (Å²) < 4.78 is 6.04. The third-order valence-electron chi connectivity index (χ3n) is 5.73. The summed E-state index contributed by atoms with van der Waals surface area (Å²) in [7, 11) is 0.